The zero-order chi connectivity index (χ0) is 24.5. The van der Waals surface area contributed by atoms with Crippen LogP contribution in [0.4, 0.5) is 4.39 Å². The predicted molar refractivity (Wildman–Crippen MR) is 137 cm³/mol. The molecule has 7 nitrogen and oxygen atoms in total. The molecule has 0 radical (unpaired) electrons. The quantitative estimate of drug-likeness (QED) is 0.649. The highest BCUT2D eigenvalue weighted by atomic mass is 19.1. The number of hydrogen-bond acceptors (Lipinski definition) is 6. The van der Waals surface area contributed by atoms with Gasteiger partial charge in [-0.15, -0.1) is 0 Å². The van der Waals surface area contributed by atoms with Crippen molar-refractivity contribution in [1.29, 1.82) is 0 Å². The second-order valence-corrected chi connectivity index (χ2v) is 10.3. The molecule has 188 valence electrons. The van der Waals surface area contributed by atoms with Crippen molar-refractivity contribution in [2.75, 3.05) is 13.1 Å². The van der Waals surface area contributed by atoms with Crippen LogP contribution in [0.15, 0.2) is 72.1 Å². The zero-order valence-electron chi connectivity index (χ0n) is 20.4. The third kappa shape index (κ3) is 4.69. The van der Waals surface area contributed by atoms with Crippen LogP contribution >= 0.6 is 0 Å². The number of hydrazone groups is 1. The fourth-order valence-electron chi connectivity index (χ4n) is 5.93. The minimum absolute atomic E-state index is 0.0202. The average molecular weight is 489 g/mol. The number of carbonyl (C=O) groups excluding carboxylic acids is 1. The van der Waals surface area contributed by atoms with E-state index in [0.717, 1.165) is 50.2 Å². The molecule has 2 aromatic rings. The summed E-state index contributed by atoms with van der Waals surface area (Å²) < 4.78 is 13.3. The minimum Gasteiger partial charge on any atom is -0.343 e. The van der Waals surface area contributed by atoms with Gasteiger partial charge in [-0.3, -0.25) is 10.2 Å². The molecule has 3 atom stereocenters. The summed E-state index contributed by atoms with van der Waals surface area (Å²) in [6.45, 7) is 1.70. The number of benzene rings is 2. The summed E-state index contributed by atoms with van der Waals surface area (Å²) in [6.07, 6.45) is 9.30. The molecule has 0 spiro atoms. The Morgan fingerprint density at radius 2 is 1.81 bits per heavy atom. The number of fused-ring (bicyclic) bond motifs is 3. The maximum Gasteiger partial charge on any atom is 0.223 e. The molecule has 2 N–H and O–H groups in total. The van der Waals surface area contributed by atoms with Crippen molar-refractivity contribution in [1.82, 2.24) is 25.7 Å². The molecular formula is C28H33FN6O. The van der Waals surface area contributed by atoms with Crippen LogP contribution in [0.1, 0.15) is 49.3 Å². The molecule has 0 aliphatic carbocycles. The molecule has 1 amide bonds. The molecule has 36 heavy (non-hydrogen) atoms. The van der Waals surface area contributed by atoms with Crippen LogP contribution in [0.3, 0.4) is 0 Å². The first kappa shape index (κ1) is 23.0. The number of hydrazine groups is 1. The molecule has 4 aliphatic heterocycles. The molecular weight excluding hydrogens is 455 g/mol. The van der Waals surface area contributed by atoms with E-state index in [1.54, 1.807) is 0 Å². The number of hydrogen-bond donors (Lipinski definition) is 2. The van der Waals surface area contributed by atoms with Crippen LogP contribution in [0.2, 0.25) is 0 Å². The number of piperidine rings is 1. The summed E-state index contributed by atoms with van der Waals surface area (Å²) in [5, 5.41) is 6.71. The largest absolute Gasteiger partial charge is 0.343 e. The SMILES string of the molecule is O=C(CCC1=NNC2C3CC(c4ccc(F)cc4)NN3C=CN12)N1CCC(Cc2ccccc2)CC1. The van der Waals surface area contributed by atoms with Crippen molar-refractivity contribution in [3.63, 3.8) is 0 Å². The zero-order valence-corrected chi connectivity index (χ0v) is 20.4. The first-order chi connectivity index (χ1) is 17.6. The molecule has 3 unspecified atom stereocenters. The van der Waals surface area contributed by atoms with E-state index in [-0.39, 0.29) is 30.0 Å². The van der Waals surface area contributed by atoms with Gasteiger partial charge in [0.1, 0.15) is 17.8 Å². The van der Waals surface area contributed by atoms with E-state index in [9.17, 15) is 9.18 Å². The van der Waals surface area contributed by atoms with Gasteiger partial charge in [-0.25, -0.2) is 9.82 Å². The van der Waals surface area contributed by atoms with Gasteiger partial charge in [-0.05, 0) is 54.9 Å². The highest BCUT2D eigenvalue weighted by Gasteiger charge is 2.44. The fourth-order valence-corrected chi connectivity index (χ4v) is 5.93. The molecule has 0 bridgehead atoms. The number of rotatable bonds is 6. The number of amides is 1. The summed E-state index contributed by atoms with van der Waals surface area (Å²) in [6, 6.07) is 17.6. The number of nitrogens with one attached hydrogen (secondary N) is 2. The van der Waals surface area contributed by atoms with Gasteiger partial charge in [0, 0.05) is 38.3 Å². The van der Waals surface area contributed by atoms with Gasteiger partial charge in [0.15, 0.2) is 0 Å². The summed E-state index contributed by atoms with van der Waals surface area (Å²) in [4.78, 5) is 17.1. The number of amidine groups is 1. The van der Waals surface area contributed by atoms with E-state index in [1.165, 1.54) is 17.7 Å². The van der Waals surface area contributed by atoms with Crippen LogP contribution in [-0.4, -0.2) is 51.8 Å². The number of nitrogens with zero attached hydrogens (tertiary/aromatic N) is 4. The van der Waals surface area contributed by atoms with E-state index in [4.69, 9.17) is 0 Å². The fraction of sp³-hybridized carbons (Fsp3) is 0.429. The molecule has 4 aliphatic rings. The standard InChI is InChI=1S/C28H33FN6O/c29-23-8-6-22(7-9-23)24-19-25-28-31-30-26(34(28)16-17-35(25)32-24)10-11-27(36)33-14-12-21(13-15-33)18-20-4-2-1-3-5-20/h1-9,16-17,21,24-25,28,31-32H,10-15,18-19H2. The van der Waals surface area contributed by atoms with Crippen molar-refractivity contribution >= 4 is 11.7 Å². The third-order valence-electron chi connectivity index (χ3n) is 7.98. The Morgan fingerprint density at radius 1 is 1.03 bits per heavy atom. The second-order valence-electron chi connectivity index (χ2n) is 10.3. The van der Waals surface area contributed by atoms with Crippen molar-refractivity contribution in [3.8, 4) is 0 Å². The Labute approximate surface area is 211 Å². The number of likely N-dealkylation sites (tertiary alicyclic amines) is 1. The van der Waals surface area contributed by atoms with Crippen molar-refractivity contribution < 1.29 is 9.18 Å². The van der Waals surface area contributed by atoms with Crippen LogP contribution in [0.5, 0.6) is 0 Å². The van der Waals surface area contributed by atoms with E-state index in [2.05, 4.69) is 56.2 Å². The van der Waals surface area contributed by atoms with Gasteiger partial charge in [-0.1, -0.05) is 42.5 Å². The second kappa shape index (κ2) is 9.93. The maximum absolute atomic E-state index is 13.3. The summed E-state index contributed by atoms with van der Waals surface area (Å²) in [7, 11) is 0. The Morgan fingerprint density at radius 3 is 2.58 bits per heavy atom. The van der Waals surface area contributed by atoms with E-state index in [0.29, 0.717) is 18.8 Å². The van der Waals surface area contributed by atoms with E-state index < -0.39 is 0 Å². The van der Waals surface area contributed by atoms with Crippen LogP contribution in [0, 0.1) is 11.7 Å². The average Bonchev–Trinajstić information content (AvgIpc) is 3.53. The summed E-state index contributed by atoms with van der Waals surface area (Å²) in [5.41, 5.74) is 9.26. The Balaban J connectivity index is 0.986. The minimum atomic E-state index is -0.220. The van der Waals surface area contributed by atoms with Gasteiger partial charge in [-0.2, -0.15) is 5.10 Å². The monoisotopic (exact) mass is 488 g/mol. The van der Waals surface area contributed by atoms with Crippen LogP contribution < -0.4 is 10.9 Å². The lowest BCUT2D eigenvalue weighted by atomic mass is 9.90. The van der Waals surface area contributed by atoms with Gasteiger partial charge < -0.3 is 14.8 Å². The lowest BCUT2D eigenvalue weighted by molar-refractivity contribution is -0.132. The first-order valence-corrected chi connectivity index (χ1v) is 13.0. The smallest absolute Gasteiger partial charge is 0.223 e. The topological polar surface area (TPSA) is 63.2 Å². The lowest BCUT2D eigenvalue weighted by Crippen LogP contribution is -2.54. The number of halogens is 1. The predicted octanol–water partition coefficient (Wildman–Crippen LogP) is 3.74. The normalized spacial score (nSPS) is 25.4. The van der Waals surface area contributed by atoms with E-state index in [1.807, 2.05) is 29.4 Å². The van der Waals surface area contributed by atoms with Gasteiger partial charge in [0.2, 0.25) is 5.91 Å². The lowest BCUT2D eigenvalue weighted by Gasteiger charge is -2.37. The molecule has 8 heteroatoms. The van der Waals surface area contributed by atoms with Crippen molar-refractivity contribution in [2.24, 2.45) is 11.0 Å². The van der Waals surface area contributed by atoms with Crippen molar-refractivity contribution in [3.05, 3.63) is 83.9 Å². The molecule has 0 aromatic heterocycles. The highest BCUT2D eigenvalue weighted by Crippen LogP contribution is 2.34. The van der Waals surface area contributed by atoms with Crippen LogP contribution in [0.25, 0.3) is 0 Å². The molecule has 2 saturated heterocycles. The van der Waals surface area contributed by atoms with E-state index >= 15 is 0 Å². The van der Waals surface area contributed by atoms with Crippen LogP contribution in [-0.2, 0) is 11.2 Å². The first-order valence-electron chi connectivity index (χ1n) is 13.0. The summed E-state index contributed by atoms with van der Waals surface area (Å²) in [5.74, 6) is 1.57. The highest BCUT2D eigenvalue weighted by molar-refractivity contribution is 5.89. The van der Waals surface area contributed by atoms with Crippen molar-refractivity contribution in [2.45, 2.75) is 56.8 Å². The third-order valence-corrected chi connectivity index (χ3v) is 7.98. The van der Waals surface area contributed by atoms with Gasteiger partial charge in [0.05, 0.1) is 12.1 Å². The molecule has 2 fully saturated rings. The molecule has 4 heterocycles. The molecule has 6 rings (SSSR count). The molecule has 0 saturated carbocycles. The Kier molecular flexibility index (Phi) is 6.35. The van der Waals surface area contributed by atoms with Gasteiger partial charge >= 0.3 is 0 Å². The summed E-state index contributed by atoms with van der Waals surface area (Å²) >= 11 is 0. The Bertz CT molecular complexity index is 1130. The van der Waals surface area contributed by atoms with Gasteiger partial charge in [0.25, 0.3) is 0 Å². The Hall–Kier alpha value is -3.39. The molecule has 2 aromatic carbocycles. The number of carbonyl (C=O) groups is 1. The maximum atomic E-state index is 13.3.